The standard InChI is InChI=1S/C13H16FN3O2S/c1-2-15-8-12-7-13(9-16-12)20(18,19)17-11-5-3-4-10(14)6-11/h3-7,9,15-17H,2,8H2,1H3. The zero-order valence-electron chi connectivity index (χ0n) is 11.0. The molecule has 0 aliphatic carbocycles. The van der Waals surface area contributed by atoms with Crippen LogP contribution in [0.2, 0.25) is 0 Å². The Morgan fingerprint density at radius 1 is 1.30 bits per heavy atom. The van der Waals surface area contributed by atoms with Crippen LogP contribution in [0.5, 0.6) is 0 Å². The molecule has 0 aliphatic heterocycles. The summed E-state index contributed by atoms with van der Waals surface area (Å²) in [5.41, 5.74) is 0.964. The van der Waals surface area contributed by atoms with Gasteiger partial charge in [-0.2, -0.15) is 0 Å². The predicted octanol–water partition coefficient (Wildman–Crippen LogP) is 2.06. The molecule has 5 nitrogen and oxygen atoms in total. The monoisotopic (exact) mass is 297 g/mol. The fraction of sp³-hybridized carbons (Fsp3) is 0.231. The van der Waals surface area contributed by atoms with E-state index in [2.05, 4.69) is 15.0 Å². The molecule has 0 saturated heterocycles. The summed E-state index contributed by atoms with van der Waals surface area (Å²) in [5, 5.41) is 3.09. The molecular weight excluding hydrogens is 281 g/mol. The van der Waals surface area contributed by atoms with E-state index < -0.39 is 15.8 Å². The van der Waals surface area contributed by atoms with E-state index in [1.165, 1.54) is 24.4 Å². The van der Waals surface area contributed by atoms with Crippen LogP contribution in [0.1, 0.15) is 12.6 Å². The molecule has 0 aliphatic rings. The Bertz CT molecular complexity index is 682. The second-order valence-electron chi connectivity index (χ2n) is 4.26. The second kappa shape index (κ2) is 6.06. The van der Waals surface area contributed by atoms with Crippen LogP contribution in [0, 0.1) is 5.82 Å². The summed E-state index contributed by atoms with van der Waals surface area (Å²) in [5.74, 6) is -0.493. The lowest BCUT2D eigenvalue weighted by atomic mass is 10.3. The van der Waals surface area contributed by atoms with E-state index >= 15 is 0 Å². The van der Waals surface area contributed by atoms with E-state index in [1.54, 1.807) is 6.07 Å². The number of hydrogen-bond donors (Lipinski definition) is 3. The minimum absolute atomic E-state index is 0.120. The Balaban J connectivity index is 2.16. The molecule has 1 heterocycles. The van der Waals surface area contributed by atoms with Crippen molar-refractivity contribution >= 4 is 15.7 Å². The largest absolute Gasteiger partial charge is 0.363 e. The molecule has 3 N–H and O–H groups in total. The van der Waals surface area contributed by atoms with Gasteiger partial charge in [0.05, 0.1) is 5.69 Å². The molecule has 1 aromatic heterocycles. The lowest BCUT2D eigenvalue weighted by Crippen LogP contribution is -2.13. The fourth-order valence-corrected chi connectivity index (χ4v) is 2.77. The Morgan fingerprint density at radius 3 is 2.80 bits per heavy atom. The van der Waals surface area contributed by atoms with Crippen molar-refractivity contribution in [2.24, 2.45) is 0 Å². The molecule has 0 bridgehead atoms. The molecule has 0 radical (unpaired) electrons. The highest BCUT2D eigenvalue weighted by Crippen LogP contribution is 2.17. The molecule has 108 valence electrons. The summed E-state index contributed by atoms with van der Waals surface area (Å²) in [4.78, 5) is 3.01. The molecule has 20 heavy (non-hydrogen) atoms. The van der Waals surface area contributed by atoms with E-state index in [9.17, 15) is 12.8 Å². The number of aromatic nitrogens is 1. The Kier molecular flexibility index (Phi) is 4.41. The molecule has 1 aromatic carbocycles. The third-order valence-corrected chi connectivity index (χ3v) is 4.03. The van der Waals surface area contributed by atoms with Crippen LogP contribution >= 0.6 is 0 Å². The highest BCUT2D eigenvalue weighted by atomic mass is 32.2. The van der Waals surface area contributed by atoms with Crippen molar-refractivity contribution in [3.05, 3.63) is 48.0 Å². The zero-order chi connectivity index (χ0) is 14.6. The van der Waals surface area contributed by atoms with Crippen molar-refractivity contribution < 1.29 is 12.8 Å². The van der Waals surface area contributed by atoms with Crippen molar-refractivity contribution in [3.63, 3.8) is 0 Å². The lowest BCUT2D eigenvalue weighted by Gasteiger charge is -2.06. The van der Waals surface area contributed by atoms with Gasteiger partial charge in [0.2, 0.25) is 0 Å². The van der Waals surface area contributed by atoms with Crippen molar-refractivity contribution in [2.45, 2.75) is 18.4 Å². The first-order valence-electron chi connectivity index (χ1n) is 6.17. The molecule has 0 fully saturated rings. The number of rotatable bonds is 6. The number of halogens is 1. The first-order chi connectivity index (χ1) is 9.51. The van der Waals surface area contributed by atoms with Crippen LogP contribution in [-0.4, -0.2) is 19.9 Å². The number of sulfonamides is 1. The molecule has 0 amide bonds. The summed E-state index contributed by atoms with van der Waals surface area (Å²) in [6.45, 7) is 3.32. The minimum atomic E-state index is -3.71. The maximum atomic E-state index is 13.0. The first kappa shape index (κ1) is 14.5. The number of hydrogen-bond acceptors (Lipinski definition) is 3. The van der Waals surface area contributed by atoms with Gasteiger partial charge in [-0.3, -0.25) is 4.72 Å². The average molecular weight is 297 g/mol. The van der Waals surface area contributed by atoms with Crippen LogP contribution < -0.4 is 10.0 Å². The predicted molar refractivity (Wildman–Crippen MR) is 75.4 cm³/mol. The maximum absolute atomic E-state index is 13.0. The SMILES string of the molecule is CCNCc1cc(S(=O)(=O)Nc2cccc(F)c2)c[nH]1. The Morgan fingerprint density at radius 2 is 2.10 bits per heavy atom. The number of nitrogens with one attached hydrogen (secondary N) is 3. The molecule has 2 aromatic rings. The summed E-state index contributed by atoms with van der Waals surface area (Å²) >= 11 is 0. The van der Waals surface area contributed by atoms with Crippen LogP contribution in [0.3, 0.4) is 0 Å². The van der Waals surface area contributed by atoms with Crippen LogP contribution in [-0.2, 0) is 16.6 Å². The summed E-state index contributed by atoms with van der Waals surface area (Å²) < 4.78 is 39.6. The van der Waals surface area contributed by atoms with Gasteiger partial charge in [0.25, 0.3) is 10.0 Å². The minimum Gasteiger partial charge on any atom is -0.363 e. The van der Waals surface area contributed by atoms with Gasteiger partial charge in [0.15, 0.2) is 0 Å². The van der Waals surface area contributed by atoms with Crippen LogP contribution in [0.15, 0.2) is 41.4 Å². The smallest absolute Gasteiger partial charge is 0.263 e. The summed E-state index contributed by atoms with van der Waals surface area (Å²) in [7, 11) is -3.71. The van der Waals surface area contributed by atoms with E-state index in [1.807, 2.05) is 6.92 Å². The molecule has 0 unspecified atom stereocenters. The zero-order valence-corrected chi connectivity index (χ0v) is 11.8. The van der Waals surface area contributed by atoms with Gasteiger partial charge in [-0.05, 0) is 30.8 Å². The number of anilines is 1. The lowest BCUT2D eigenvalue weighted by molar-refractivity contribution is 0.601. The third kappa shape index (κ3) is 3.58. The fourth-order valence-electron chi connectivity index (χ4n) is 1.70. The number of benzene rings is 1. The Labute approximate surface area is 117 Å². The van der Waals surface area contributed by atoms with Gasteiger partial charge in [0, 0.05) is 18.4 Å². The molecule has 2 rings (SSSR count). The molecule has 0 atom stereocenters. The van der Waals surface area contributed by atoms with Gasteiger partial charge in [0.1, 0.15) is 10.7 Å². The van der Waals surface area contributed by atoms with Gasteiger partial charge >= 0.3 is 0 Å². The molecule has 0 saturated carbocycles. The van der Waals surface area contributed by atoms with E-state index in [0.717, 1.165) is 18.3 Å². The van der Waals surface area contributed by atoms with E-state index in [4.69, 9.17) is 0 Å². The molecular formula is C13H16FN3O2S. The van der Waals surface area contributed by atoms with Crippen molar-refractivity contribution in [2.75, 3.05) is 11.3 Å². The summed E-state index contributed by atoms with van der Waals surface area (Å²) in [6, 6.07) is 6.87. The summed E-state index contributed by atoms with van der Waals surface area (Å²) in [6.07, 6.45) is 1.41. The van der Waals surface area contributed by atoms with Gasteiger partial charge < -0.3 is 10.3 Å². The maximum Gasteiger partial charge on any atom is 0.263 e. The topological polar surface area (TPSA) is 74.0 Å². The molecule has 7 heteroatoms. The quantitative estimate of drug-likeness (QED) is 0.764. The normalized spacial score (nSPS) is 11.5. The van der Waals surface area contributed by atoms with Gasteiger partial charge in [-0.1, -0.05) is 13.0 Å². The van der Waals surface area contributed by atoms with E-state index in [0.29, 0.717) is 6.54 Å². The van der Waals surface area contributed by atoms with Crippen LogP contribution in [0.4, 0.5) is 10.1 Å². The average Bonchev–Trinajstić information content (AvgIpc) is 2.85. The van der Waals surface area contributed by atoms with E-state index in [-0.39, 0.29) is 10.6 Å². The highest BCUT2D eigenvalue weighted by molar-refractivity contribution is 7.92. The second-order valence-corrected chi connectivity index (χ2v) is 5.94. The third-order valence-electron chi connectivity index (χ3n) is 2.67. The van der Waals surface area contributed by atoms with Crippen molar-refractivity contribution in [3.8, 4) is 0 Å². The first-order valence-corrected chi connectivity index (χ1v) is 7.66. The van der Waals surface area contributed by atoms with Crippen molar-refractivity contribution in [1.82, 2.24) is 10.3 Å². The molecule has 0 spiro atoms. The van der Waals surface area contributed by atoms with Gasteiger partial charge in [-0.15, -0.1) is 0 Å². The van der Waals surface area contributed by atoms with Crippen LogP contribution in [0.25, 0.3) is 0 Å². The number of aromatic amines is 1. The highest BCUT2D eigenvalue weighted by Gasteiger charge is 2.16. The number of H-pyrrole nitrogens is 1. The Hall–Kier alpha value is -1.86. The van der Waals surface area contributed by atoms with Crippen molar-refractivity contribution in [1.29, 1.82) is 0 Å². The van der Waals surface area contributed by atoms with Gasteiger partial charge in [-0.25, -0.2) is 12.8 Å².